The first-order chi connectivity index (χ1) is 21.2. The first-order valence-electron chi connectivity index (χ1n) is 14.7. The molecule has 5 nitrogen and oxygen atoms in total. The summed E-state index contributed by atoms with van der Waals surface area (Å²) in [6.07, 6.45) is -5.77. The molecule has 1 saturated carbocycles. The molecule has 0 aliphatic heterocycles. The molecule has 2 N–H and O–H groups in total. The van der Waals surface area contributed by atoms with Crippen molar-refractivity contribution in [1.29, 1.82) is 0 Å². The van der Waals surface area contributed by atoms with E-state index in [-0.39, 0.29) is 23.8 Å². The van der Waals surface area contributed by atoms with Crippen molar-refractivity contribution in [2.24, 2.45) is 5.41 Å². The van der Waals surface area contributed by atoms with Crippen LogP contribution in [0.5, 0.6) is 0 Å². The van der Waals surface area contributed by atoms with Crippen LogP contribution in [0.2, 0.25) is 0 Å². The molecule has 0 radical (unpaired) electrons. The van der Waals surface area contributed by atoms with Crippen LogP contribution in [0.4, 0.5) is 36.4 Å². The lowest BCUT2D eigenvalue weighted by molar-refractivity contribution is -0.143. The number of hydrogen-bond donors (Lipinski definition) is 2. The minimum absolute atomic E-state index is 0.0196. The van der Waals surface area contributed by atoms with E-state index in [9.17, 15) is 45.4 Å². The number of aromatic nitrogens is 1. The molecule has 3 aromatic rings. The molecule has 248 valence electrons. The van der Waals surface area contributed by atoms with Crippen LogP contribution in [0, 0.1) is 18.2 Å². The van der Waals surface area contributed by atoms with Crippen molar-refractivity contribution in [3.05, 3.63) is 82.4 Å². The Morgan fingerprint density at radius 3 is 2.00 bits per heavy atom. The van der Waals surface area contributed by atoms with Crippen LogP contribution in [0.1, 0.15) is 86.7 Å². The number of nitrogens with one attached hydrogen (secondary N) is 1. The Hall–Kier alpha value is -3.96. The number of benzene rings is 2. The van der Waals surface area contributed by atoms with Crippen LogP contribution >= 0.6 is 0 Å². The highest BCUT2D eigenvalue weighted by molar-refractivity contribution is 5.93. The standard InChI is InChI=1S/C34H35F7N2O3/c1-19-11-24(35)5-6-25(19)26-15-27(20-7-9-32(4,10-8-20)16-30(45)46)42-17-28(26)43-18-29(44)31(2,3)21-12-22(33(36,37)38)14-23(13-21)34(39,40)41/h5-6,11-15,17,20,43H,7-10,16,18H2,1-4H3,(H,45,46). The Balaban J connectivity index is 1.64. The number of carboxylic acid groups (broad SMARTS) is 1. The molecule has 1 heterocycles. The quantitative estimate of drug-likeness (QED) is 0.225. The number of alkyl halides is 6. The lowest BCUT2D eigenvalue weighted by Gasteiger charge is -2.36. The van der Waals surface area contributed by atoms with Gasteiger partial charge in [-0.05, 0) is 105 Å². The third-order valence-electron chi connectivity index (χ3n) is 9.04. The average Bonchev–Trinajstić information content (AvgIpc) is 2.94. The third-order valence-corrected chi connectivity index (χ3v) is 9.04. The number of carbonyl (C=O) groups is 2. The minimum atomic E-state index is -5.06. The summed E-state index contributed by atoms with van der Waals surface area (Å²) in [4.78, 5) is 29.4. The first kappa shape index (κ1) is 34.9. The summed E-state index contributed by atoms with van der Waals surface area (Å²) >= 11 is 0. The Morgan fingerprint density at radius 2 is 1.48 bits per heavy atom. The van der Waals surface area contributed by atoms with Crippen LogP contribution in [0.25, 0.3) is 11.1 Å². The number of hydrogen-bond acceptors (Lipinski definition) is 4. The number of Topliss-reactive ketones (excluding diaryl/α,β-unsaturated/α-hetero) is 1. The van der Waals surface area contributed by atoms with Gasteiger partial charge in [-0.2, -0.15) is 26.3 Å². The van der Waals surface area contributed by atoms with E-state index in [1.165, 1.54) is 32.2 Å². The van der Waals surface area contributed by atoms with Crippen molar-refractivity contribution in [2.45, 2.75) is 83.5 Å². The molecule has 1 aromatic heterocycles. The maximum Gasteiger partial charge on any atom is 0.416 e. The highest BCUT2D eigenvalue weighted by atomic mass is 19.4. The summed E-state index contributed by atoms with van der Waals surface area (Å²) in [6, 6.07) is 7.16. The molecule has 0 atom stereocenters. The molecular weight excluding hydrogens is 617 g/mol. The van der Waals surface area contributed by atoms with E-state index < -0.39 is 58.6 Å². The number of carboxylic acids is 1. The smallest absolute Gasteiger partial charge is 0.416 e. The molecule has 1 fully saturated rings. The molecule has 1 aliphatic carbocycles. The third kappa shape index (κ3) is 7.87. The van der Waals surface area contributed by atoms with E-state index in [1.807, 2.05) is 13.0 Å². The number of ketones is 1. The highest BCUT2D eigenvalue weighted by Crippen LogP contribution is 2.46. The van der Waals surface area contributed by atoms with Gasteiger partial charge in [0.05, 0.1) is 41.4 Å². The number of pyridine rings is 1. The fourth-order valence-electron chi connectivity index (χ4n) is 6.01. The van der Waals surface area contributed by atoms with E-state index in [4.69, 9.17) is 0 Å². The zero-order valence-corrected chi connectivity index (χ0v) is 25.8. The lowest BCUT2D eigenvalue weighted by atomic mass is 9.69. The predicted octanol–water partition coefficient (Wildman–Crippen LogP) is 9.33. The predicted molar refractivity (Wildman–Crippen MR) is 159 cm³/mol. The van der Waals surface area contributed by atoms with Crippen molar-refractivity contribution in [2.75, 3.05) is 11.9 Å². The van der Waals surface area contributed by atoms with Gasteiger partial charge in [-0.25, -0.2) is 4.39 Å². The second-order valence-electron chi connectivity index (χ2n) is 13.0. The average molecular weight is 653 g/mol. The van der Waals surface area contributed by atoms with Gasteiger partial charge in [0.15, 0.2) is 5.78 Å². The normalized spacial score (nSPS) is 19.2. The maximum absolute atomic E-state index is 14.0. The van der Waals surface area contributed by atoms with Gasteiger partial charge in [-0.3, -0.25) is 14.6 Å². The van der Waals surface area contributed by atoms with Gasteiger partial charge in [-0.1, -0.05) is 13.0 Å². The molecule has 46 heavy (non-hydrogen) atoms. The molecule has 0 bridgehead atoms. The van der Waals surface area contributed by atoms with Crippen molar-refractivity contribution in [3.63, 3.8) is 0 Å². The topological polar surface area (TPSA) is 79.3 Å². The van der Waals surface area contributed by atoms with Crippen molar-refractivity contribution >= 4 is 17.4 Å². The van der Waals surface area contributed by atoms with Crippen LogP contribution in [0.15, 0.2) is 48.7 Å². The summed E-state index contributed by atoms with van der Waals surface area (Å²) in [5, 5.41) is 12.3. The largest absolute Gasteiger partial charge is 0.481 e. The Kier molecular flexibility index (Phi) is 9.62. The Bertz CT molecular complexity index is 1590. The fraction of sp³-hybridized carbons (Fsp3) is 0.441. The summed E-state index contributed by atoms with van der Waals surface area (Å²) in [5.74, 6) is -1.95. The summed E-state index contributed by atoms with van der Waals surface area (Å²) in [5.41, 5.74) is -2.59. The van der Waals surface area contributed by atoms with Crippen molar-refractivity contribution < 1.29 is 45.4 Å². The zero-order chi connectivity index (χ0) is 34.2. The van der Waals surface area contributed by atoms with Gasteiger partial charge >= 0.3 is 18.3 Å². The molecule has 0 unspecified atom stereocenters. The molecule has 0 amide bonds. The highest BCUT2D eigenvalue weighted by Gasteiger charge is 2.40. The van der Waals surface area contributed by atoms with Crippen molar-refractivity contribution in [1.82, 2.24) is 4.98 Å². The number of anilines is 1. The SMILES string of the molecule is Cc1cc(F)ccc1-c1cc(C2CCC(C)(CC(=O)O)CC2)ncc1NCC(=O)C(C)(C)c1cc(C(F)(F)F)cc(C(F)(F)F)c1. The second kappa shape index (κ2) is 12.7. The molecular formula is C34H35F7N2O3. The van der Waals surface area contributed by atoms with E-state index >= 15 is 0 Å². The second-order valence-corrected chi connectivity index (χ2v) is 13.0. The van der Waals surface area contributed by atoms with Crippen molar-refractivity contribution in [3.8, 4) is 11.1 Å². The fourth-order valence-corrected chi connectivity index (χ4v) is 6.01. The summed E-state index contributed by atoms with van der Waals surface area (Å²) in [6.45, 7) is 5.74. The van der Waals surface area contributed by atoms with Crippen LogP contribution < -0.4 is 5.32 Å². The van der Waals surface area contributed by atoms with E-state index in [2.05, 4.69) is 10.3 Å². The summed E-state index contributed by atoms with van der Waals surface area (Å²) < 4.78 is 95.0. The van der Waals surface area contributed by atoms with E-state index in [0.717, 1.165) is 5.69 Å². The van der Waals surface area contributed by atoms with E-state index in [0.29, 0.717) is 60.2 Å². The lowest BCUT2D eigenvalue weighted by Crippen LogP contribution is -2.35. The molecule has 1 aliphatic rings. The van der Waals surface area contributed by atoms with Gasteiger partial charge in [0.1, 0.15) is 5.82 Å². The molecule has 4 rings (SSSR count). The number of nitrogens with zero attached hydrogens (tertiary/aromatic N) is 1. The van der Waals surface area contributed by atoms with Crippen LogP contribution in [-0.2, 0) is 27.4 Å². The Labute approximate surface area is 262 Å². The van der Waals surface area contributed by atoms with Gasteiger partial charge in [0.25, 0.3) is 0 Å². The molecule has 2 aromatic carbocycles. The van der Waals surface area contributed by atoms with Crippen LogP contribution in [-0.4, -0.2) is 28.4 Å². The summed E-state index contributed by atoms with van der Waals surface area (Å²) in [7, 11) is 0. The first-order valence-corrected chi connectivity index (χ1v) is 14.7. The van der Waals surface area contributed by atoms with Gasteiger partial charge < -0.3 is 10.4 Å². The monoisotopic (exact) mass is 652 g/mol. The molecule has 0 spiro atoms. The Morgan fingerprint density at radius 1 is 0.913 bits per heavy atom. The molecule has 0 saturated heterocycles. The number of aryl methyl sites for hydroxylation is 1. The molecule has 12 heteroatoms. The van der Waals surface area contributed by atoms with E-state index in [1.54, 1.807) is 13.0 Å². The number of aliphatic carboxylic acids is 1. The number of carbonyl (C=O) groups excluding carboxylic acids is 1. The van der Waals surface area contributed by atoms with Gasteiger partial charge in [0.2, 0.25) is 0 Å². The van der Waals surface area contributed by atoms with Gasteiger partial charge in [-0.15, -0.1) is 0 Å². The zero-order valence-electron chi connectivity index (χ0n) is 25.8. The number of rotatable bonds is 9. The number of halogens is 7. The van der Waals surface area contributed by atoms with Crippen LogP contribution in [0.3, 0.4) is 0 Å². The van der Waals surface area contributed by atoms with Gasteiger partial charge in [0, 0.05) is 17.2 Å². The minimum Gasteiger partial charge on any atom is -0.481 e. The maximum atomic E-state index is 14.0.